The van der Waals surface area contributed by atoms with E-state index in [1.165, 1.54) is 4.90 Å². The van der Waals surface area contributed by atoms with Gasteiger partial charge in [-0.3, -0.25) is 5.10 Å². The molecular formula is C15H21N3OS. The van der Waals surface area contributed by atoms with Gasteiger partial charge in [-0.2, -0.15) is 5.10 Å². The van der Waals surface area contributed by atoms with Crippen molar-refractivity contribution in [2.24, 2.45) is 5.73 Å². The number of benzene rings is 1. The quantitative estimate of drug-likeness (QED) is 0.848. The predicted octanol–water partition coefficient (Wildman–Crippen LogP) is 3.32. The van der Waals surface area contributed by atoms with E-state index in [1.807, 2.05) is 24.0 Å². The first-order valence-corrected chi connectivity index (χ1v) is 8.27. The summed E-state index contributed by atoms with van der Waals surface area (Å²) in [7, 11) is 0. The van der Waals surface area contributed by atoms with E-state index in [9.17, 15) is 0 Å². The minimum absolute atomic E-state index is 0.249. The number of aromatic nitrogens is 2. The van der Waals surface area contributed by atoms with Crippen molar-refractivity contribution in [3.8, 4) is 5.75 Å². The third-order valence-corrected chi connectivity index (χ3v) is 4.79. The molecule has 0 saturated heterocycles. The molecule has 1 aromatic carbocycles. The van der Waals surface area contributed by atoms with Crippen molar-refractivity contribution in [1.82, 2.24) is 10.2 Å². The summed E-state index contributed by atoms with van der Waals surface area (Å²) in [6.45, 7) is 2.16. The Hall–Kier alpha value is -1.20. The largest absolute Gasteiger partial charge is 0.489 e. The topological polar surface area (TPSA) is 63.9 Å². The Labute approximate surface area is 123 Å². The molecule has 1 heterocycles. The number of fused-ring (bicyclic) bond motifs is 1. The normalized spacial score (nSPS) is 23.1. The lowest BCUT2D eigenvalue weighted by atomic mass is 9.93. The second-order valence-corrected chi connectivity index (χ2v) is 6.60. The number of H-pyrrole nitrogens is 1. The highest BCUT2D eigenvalue weighted by Gasteiger charge is 2.22. The lowest BCUT2D eigenvalue weighted by molar-refractivity contribution is 0.141. The van der Waals surface area contributed by atoms with Crippen LogP contribution in [0.4, 0.5) is 0 Å². The highest BCUT2D eigenvalue weighted by molar-refractivity contribution is 7.99. The van der Waals surface area contributed by atoms with Gasteiger partial charge in [-0.15, -0.1) is 11.8 Å². The van der Waals surface area contributed by atoms with Gasteiger partial charge in [0.1, 0.15) is 11.9 Å². The minimum Gasteiger partial charge on any atom is -0.489 e. The van der Waals surface area contributed by atoms with E-state index in [4.69, 9.17) is 10.5 Å². The number of aromatic amines is 1. The van der Waals surface area contributed by atoms with Crippen LogP contribution < -0.4 is 10.5 Å². The fourth-order valence-electron chi connectivity index (χ4n) is 2.83. The van der Waals surface area contributed by atoms with Crippen LogP contribution in [0.15, 0.2) is 23.2 Å². The second-order valence-electron chi connectivity index (χ2n) is 5.32. The molecule has 1 saturated carbocycles. The monoisotopic (exact) mass is 291 g/mol. The van der Waals surface area contributed by atoms with Gasteiger partial charge in [-0.05, 0) is 43.6 Å². The Bertz CT molecular complexity index is 584. The van der Waals surface area contributed by atoms with Crippen LogP contribution in [-0.4, -0.2) is 28.1 Å². The molecular weight excluding hydrogens is 270 g/mol. The zero-order chi connectivity index (χ0) is 13.9. The van der Waals surface area contributed by atoms with Crippen molar-refractivity contribution in [2.75, 3.05) is 5.75 Å². The molecule has 20 heavy (non-hydrogen) atoms. The van der Waals surface area contributed by atoms with E-state index in [0.29, 0.717) is 0 Å². The van der Waals surface area contributed by atoms with Crippen molar-refractivity contribution < 1.29 is 4.74 Å². The van der Waals surface area contributed by atoms with Crippen molar-refractivity contribution in [2.45, 2.75) is 49.6 Å². The standard InChI is InChI=1S/C15H21N3OS/c1-2-20-15-12-9-17-18-13(12)6-7-14(15)19-11-5-3-4-10(16)8-11/h6-7,9-11H,2-5,8,16H2,1H3,(H,17,18)/t10-,11+/m1/s1. The number of nitrogens with one attached hydrogen (secondary N) is 1. The van der Waals surface area contributed by atoms with E-state index in [0.717, 1.165) is 48.1 Å². The van der Waals surface area contributed by atoms with Gasteiger partial charge < -0.3 is 10.5 Å². The molecule has 1 aromatic heterocycles. The molecule has 2 aromatic rings. The first-order valence-electron chi connectivity index (χ1n) is 7.29. The zero-order valence-corrected chi connectivity index (χ0v) is 12.6. The summed E-state index contributed by atoms with van der Waals surface area (Å²) >= 11 is 1.81. The number of rotatable bonds is 4. The Kier molecular flexibility index (Phi) is 4.17. The third-order valence-electron chi connectivity index (χ3n) is 3.79. The van der Waals surface area contributed by atoms with Crippen molar-refractivity contribution in [1.29, 1.82) is 0 Å². The SMILES string of the molecule is CCSc1c(O[C@H]2CCC[C@@H](N)C2)ccc2[nH]ncc12. The van der Waals surface area contributed by atoms with E-state index in [1.54, 1.807) is 0 Å². The molecule has 108 valence electrons. The molecule has 1 aliphatic rings. The van der Waals surface area contributed by atoms with Crippen LogP contribution in [0, 0.1) is 0 Å². The molecule has 4 nitrogen and oxygen atoms in total. The second kappa shape index (κ2) is 6.06. The number of hydrogen-bond acceptors (Lipinski definition) is 4. The van der Waals surface area contributed by atoms with Gasteiger partial charge in [0, 0.05) is 11.4 Å². The lowest BCUT2D eigenvalue weighted by Gasteiger charge is -2.28. The lowest BCUT2D eigenvalue weighted by Crippen LogP contribution is -2.33. The van der Waals surface area contributed by atoms with Gasteiger partial charge in [0.2, 0.25) is 0 Å². The summed E-state index contributed by atoms with van der Waals surface area (Å²) < 4.78 is 6.24. The number of ether oxygens (including phenoxy) is 1. The predicted molar refractivity (Wildman–Crippen MR) is 83.4 cm³/mol. The van der Waals surface area contributed by atoms with Crippen LogP contribution in [0.3, 0.4) is 0 Å². The van der Waals surface area contributed by atoms with Crippen LogP contribution in [-0.2, 0) is 0 Å². The van der Waals surface area contributed by atoms with E-state index in [-0.39, 0.29) is 12.1 Å². The Balaban J connectivity index is 1.87. The molecule has 0 bridgehead atoms. The molecule has 3 rings (SSSR count). The van der Waals surface area contributed by atoms with Gasteiger partial charge in [0.25, 0.3) is 0 Å². The number of thioether (sulfide) groups is 1. The van der Waals surface area contributed by atoms with Gasteiger partial charge in [0.15, 0.2) is 0 Å². The van der Waals surface area contributed by atoms with Crippen molar-refractivity contribution >= 4 is 22.7 Å². The number of nitrogens with zero attached hydrogens (tertiary/aromatic N) is 1. The van der Waals surface area contributed by atoms with Crippen LogP contribution in [0.2, 0.25) is 0 Å². The summed E-state index contributed by atoms with van der Waals surface area (Å²) in [5.41, 5.74) is 7.11. The molecule has 3 N–H and O–H groups in total. The molecule has 1 fully saturated rings. The highest BCUT2D eigenvalue weighted by atomic mass is 32.2. The first-order chi connectivity index (χ1) is 9.78. The number of hydrogen-bond donors (Lipinski definition) is 2. The molecule has 5 heteroatoms. The highest BCUT2D eigenvalue weighted by Crippen LogP contribution is 2.37. The summed E-state index contributed by atoms with van der Waals surface area (Å²) in [5, 5.41) is 8.30. The Morgan fingerprint density at radius 3 is 3.15 bits per heavy atom. The van der Waals surface area contributed by atoms with Crippen LogP contribution in [0.5, 0.6) is 5.75 Å². The van der Waals surface area contributed by atoms with Gasteiger partial charge >= 0.3 is 0 Å². The third kappa shape index (κ3) is 2.79. The first kappa shape index (κ1) is 13.8. The van der Waals surface area contributed by atoms with Crippen molar-refractivity contribution in [3.63, 3.8) is 0 Å². The van der Waals surface area contributed by atoms with Crippen LogP contribution >= 0.6 is 11.8 Å². The number of nitrogens with two attached hydrogens (primary N) is 1. The maximum atomic E-state index is 6.24. The van der Waals surface area contributed by atoms with Crippen LogP contribution in [0.1, 0.15) is 32.6 Å². The van der Waals surface area contributed by atoms with Gasteiger partial charge in [0.05, 0.1) is 16.6 Å². The smallest absolute Gasteiger partial charge is 0.134 e. The summed E-state index contributed by atoms with van der Waals surface area (Å²) in [5.74, 6) is 2.00. The summed E-state index contributed by atoms with van der Waals surface area (Å²) in [6.07, 6.45) is 6.48. The zero-order valence-electron chi connectivity index (χ0n) is 11.8. The average molecular weight is 291 g/mol. The molecule has 0 radical (unpaired) electrons. The molecule has 0 aliphatic heterocycles. The molecule has 0 unspecified atom stereocenters. The minimum atomic E-state index is 0.249. The van der Waals surface area contributed by atoms with E-state index in [2.05, 4.69) is 23.2 Å². The maximum absolute atomic E-state index is 6.24. The van der Waals surface area contributed by atoms with E-state index < -0.39 is 0 Å². The maximum Gasteiger partial charge on any atom is 0.134 e. The molecule has 1 aliphatic carbocycles. The average Bonchev–Trinajstić information content (AvgIpc) is 2.90. The Morgan fingerprint density at radius 1 is 1.45 bits per heavy atom. The summed E-state index contributed by atoms with van der Waals surface area (Å²) in [4.78, 5) is 1.19. The van der Waals surface area contributed by atoms with Gasteiger partial charge in [-0.25, -0.2) is 0 Å². The fraction of sp³-hybridized carbons (Fsp3) is 0.533. The van der Waals surface area contributed by atoms with Gasteiger partial charge in [-0.1, -0.05) is 6.92 Å². The molecule has 0 spiro atoms. The van der Waals surface area contributed by atoms with Crippen molar-refractivity contribution in [3.05, 3.63) is 18.3 Å². The molecule has 2 atom stereocenters. The molecule has 0 amide bonds. The fourth-order valence-corrected chi connectivity index (χ4v) is 3.69. The summed E-state index contributed by atoms with van der Waals surface area (Å²) in [6, 6.07) is 4.38. The Morgan fingerprint density at radius 2 is 2.35 bits per heavy atom. The van der Waals surface area contributed by atoms with E-state index >= 15 is 0 Å². The van der Waals surface area contributed by atoms with Crippen LogP contribution in [0.25, 0.3) is 10.9 Å².